The summed E-state index contributed by atoms with van der Waals surface area (Å²) in [4.78, 5) is 22.0. The highest BCUT2D eigenvalue weighted by Crippen LogP contribution is 2.14. The average Bonchev–Trinajstić information content (AvgIpc) is 2.73. The van der Waals surface area contributed by atoms with Crippen molar-refractivity contribution >= 4 is 11.9 Å². The van der Waals surface area contributed by atoms with Crippen molar-refractivity contribution in [2.24, 2.45) is 5.73 Å². The molecule has 0 spiro atoms. The lowest BCUT2D eigenvalue weighted by atomic mass is 10.1. The minimum Gasteiger partial charge on any atom is -0.478 e. The second-order valence-corrected chi connectivity index (χ2v) is 4.28. The number of aromatic nitrogens is 2. The van der Waals surface area contributed by atoms with Crippen molar-refractivity contribution < 1.29 is 19.1 Å². The van der Waals surface area contributed by atoms with E-state index in [0.717, 1.165) is 6.07 Å². The number of benzene rings is 1. The maximum absolute atomic E-state index is 13.7. The van der Waals surface area contributed by atoms with Crippen LogP contribution in [0.3, 0.4) is 0 Å². The lowest BCUT2D eigenvalue weighted by molar-refractivity contribution is 0.0695. The van der Waals surface area contributed by atoms with Gasteiger partial charge in [0, 0.05) is 11.1 Å². The molecular weight excluding hydrogens is 265 g/mol. The molecule has 3 N–H and O–H groups in total. The van der Waals surface area contributed by atoms with Crippen molar-refractivity contribution in [3.8, 4) is 0 Å². The van der Waals surface area contributed by atoms with Crippen LogP contribution in [0, 0.1) is 12.7 Å². The maximum atomic E-state index is 13.7. The zero-order chi connectivity index (χ0) is 14.9. The van der Waals surface area contributed by atoms with Crippen molar-refractivity contribution in [2.75, 3.05) is 0 Å². The van der Waals surface area contributed by atoms with Crippen LogP contribution in [0.4, 0.5) is 4.39 Å². The number of primary amides is 1. The first kappa shape index (κ1) is 13.7. The summed E-state index contributed by atoms with van der Waals surface area (Å²) < 4.78 is 15.1. The number of carboxylic acid groups (broad SMARTS) is 1. The first-order valence-corrected chi connectivity index (χ1v) is 5.74. The molecule has 0 saturated carbocycles. The number of nitrogens with zero attached hydrogens (tertiary/aromatic N) is 2. The van der Waals surface area contributed by atoms with Crippen molar-refractivity contribution in [1.29, 1.82) is 0 Å². The molecule has 1 heterocycles. The number of halogens is 1. The molecule has 0 radical (unpaired) electrons. The summed E-state index contributed by atoms with van der Waals surface area (Å²) in [6.07, 6.45) is 1.20. The lowest BCUT2D eigenvalue weighted by Crippen LogP contribution is -2.13. The summed E-state index contributed by atoms with van der Waals surface area (Å²) in [5.41, 5.74) is 5.99. The largest absolute Gasteiger partial charge is 0.478 e. The molecule has 6 nitrogen and oxygen atoms in total. The van der Waals surface area contributed by atoms with Crippen LogP contribution in [0.1, 0.15) is 32.0 Å². The van der Waals surface area contributed by atoms with Crippen LogP contribution in [0.5, 0.6) is 0 Å². The van der Waals surface area contributed by atoms with Crippen LogP contribution in [0.2, 0.25) is 0 Å². The Morgan fingerprint density at radius 1 is 1.45 bits per heavy atom. The van der Waals surface area contributed by atoms with Gasteiger partial charge in [0.05, 0.1) is 18.4 Å². The third kappa shape index (κ3) is 2.51. The molecule has 0 aliphatic heterocycles. The Morgan fingerprint density at radius 3 is 2.70 bits per heavy atom. The van der Waals surface area contributed by atoms with E-state index in [0.29, 0.717) is 5.69 Å². The summed E-state index contributed by atoms with van der Waals surface area (Å²) in [7, 11) is 0. The van der Waals surface area contributed by atoms with E-state index in [1.807, 2.05) is 0 Å². The van der Waals surface area contributed by atoms with E-state index < -0.39 is 17.7 Å². The molecular formula is C13H12FN3O3. The molecule has 1 amide bonds. The molecule has 0 bridgehead atoms. The number of rotatable bonds is 4. The summed E-state index contributed by atoms with van der Waals surface area (Å²) in [6, 6.07) is 3.77. The molecule has 2 rings (SSSR count). The minimum absolute atomic E-state index is 0.0199. The number of hydrogen-bond acceptors (Lipinski definition) is 3. The first-order valence-electron chi connectivity index (χ1n) is 5.74. The number of carboxylic acids is 1. The fraction of sp³-hybridized carbons (Fsp3) is 0.154. The van der Waals surface area contributed by atoms with Crippen LogP contribution in [-0.2, 0) is 6.54 Å². The predicted octanol–water partition coefficient (Wildman–Crippen LogP) is 1.18. The average molecular weight is 277 g/mol. The summed E-state index contributed by atoms with van der Waals surface area (Å²) >= 11 is 0. The smallest absolute Gasteiger partial charge is 0.339 e. The Balaban J connectivity index is 2.37. The van der Waals surface area contributed by atoms with Gasteiger partial charge in [0.2, 0.25) is 5.91 Å². The lowest BCUT2D eigenvalue weighted by Gasteiger charge is -2.07. The van der Waals surface area contributed by atoms with E-state index in [1.54, 1.807) is 6.92 Å². The number of aromatic carboxylic acids is 1. The Hall–Kier alpha value is -2.70. The van der Waals surface area contributed by atoms with Gasteiger partial charge in [0.15, 0.2) is 0 Å². The molecule has 104 valence electrons. The van der Waals surface area contributed by atoms with Gasteiger partial charge in [-0.15, -0.1) is 0 Å². The minimum atomic E-state index is -1.10. The van der Waals surface area contributed by atoms with Crippen LogP contribution in [0.25, 0.3) is 0 Å². The molecule has 0 atom stereocenters. The predicted molar refractivity (Wildman–Crippen MR) is 67.9 cm³/mol. The first-order chi connectivity index (χ1) is 9.40. The zero-order valence-electron chi connectivity index (χ0n) is 10.6. The van der Waals surface area contributed by atoms with Gasteiger partial charge < -0.3 is 10.8 Å². The number of hydrogen-bond donors (Lipinski definition) is 2. The summed E-state index contributed by atoms with van der Waals surface area (Å²) in [5.74, 6) is -2.27. The monoisotopic (exact) mass is 277 g/mol. The van der Waals surface area contributed by atoms with Crippen LogP contribution in [-0.4, -0.2) is 26.8 Å². The van der Waals surface area contributed by atoms with E-state index in [-0.39, 0.29) is 23.2 Å². The fourth-order valence-corrected chi connectivity index (χ4v) is 1.83. The SMILES string of the molecule is Cc1c(C(=O)O)cnn1Cc1cc(C(N)=O)ccc1F. The Kier molecular flexibility index (Phi) is 3.51. The number of amides is 1. The molecule has 1 aromatic heterocycles. The summed E-state index contributed by atoms with van der Waals surface area (Å²) in [5, 5.41) is 12.8. The standard InChI is InChI=1S/C13H12FN3O3/c1-7-10(13(19)20)5-16-17(7)6-9-4-8(12(15)18)2-3-11(9)14/h2-5H,6H2,1H3,(H2,15,18)(H,19,20). The zero-order valence-corrected chi connectivity index (χ0v) is 10.6. The van der Waals surface area contributed by atoms with Crippen molar-refractivity contribution in [3.05, 3.63) is 52.6 Å². The number of carbonyl (C=O) groups excluding carboxylic acids is 1. The van der Waals surface area contributed by atoms with E-state index in [1.165, 1.54) is 23.0 Å². The van der Waals surface area contributed by atoms with Gasteiger partial charge in [-0.1, -0.05) is 0 Å². The number of nitrogens with two attached hydrogens (primary N) is 1. The molecule has 0 aliphatic carbocycles. The van der Waals surface area contributed by atoms with Crippen LogP contribution >= 0.6 is 0 Å². The second kappa shape index (κ2) is 5.12. The van der Waals surface area contributed by atoms with Crippen LogP contribution in [0.15, 0.2) is 24.4 Å². The Labute approximate surface area is 113 Å². The molecule has 2 aromatic rings. The molecule has 0 saturated heterocycles. The second-order valence-electron chi connectivity index (χ2n) is 4.28. The van der Waals surface area contributed by atoms with E-state index in [4.69, 9.17) is 10.8 Å². The van der Waals surface area contributed by atoms with Gasteiger partial charge in [-0.2, -0.15) is 5.10 Å². The maximum Gasteiger partial charge on any atom is 0.339 e. The van der Waals surface area contributed by atoms with Crippen LogP contribution < -0.4 is 5.73 Å². The van der Waals surface area contributed by atoms with Gasteiger partial charge in [-0.3, -0.25) is 9.48 Å². The third-order valence-corrected chi connectivity index (χ3v) is 2.98. The van der Waals surface area contributed by atoms with Gasteiger partial charge in [-0.05, 0) is 25.1 Å². The highest BCUT2D eigenvalue weighted by Gasteiger charge is 2.14. The molecule has 1 aromatic carbocycles. The van der Waals surface area contributed by atoms with Gasteiger partial charge in [0.1, 0.15) is 11.4 Å². The van der Waals surface area contributed by atoms with E-state index >= 15 is 0 Å². The topological polar surface area (TPSA) is 98.2 Å². The van der Waals surface area contributed by atoms with Gasteiger partial charge in [0.25, 0.3) is 0 Å². The molecule has 0 unspecified atom stereocenters. The van der Waals surface area contributed by atoms with E-state index in [9.17, 15) is 14.0 Å². The molecule has 0 fully saturated rings. The highest BCUT2D eigenvalue weighted by molar-refractivity contribution is 5.92. The van der Waals surface area contributed by atoms with Gasteiger partial charge >= 0.3 is 5.97 Å². The Bertz CT molecular complexity index is 694. The van der Waals surface area contributed by atoms with Crippen molar-refractivity contribution in [1.82, 2.24) is 9.78 Å². The summed E-state index contributed by atoms with van der Waals surface area (Å²) in [6.45, 7) is 1.60. The molecule has 0 aliphatic rings. The third-order valence-electron chi connectivity index (χ3n) is 2.98. The Morgan fingerprint density at radius 2 is 2.15 bits per heavy atom. The quantitative estimate of drug-likeness (QED) is 0.876. The highest BCUT2D eigenvalue weighted by atomic mass is 19.1. The number of carbonyl (C=O) groups is 2. The van der Waals surface area contributed by atoms with Crippen molar-refractivity contribution in [2.45, 2.75) is 13.5 Å². The van der Waals surface area contributed by atoms with Crippen molar-refractivity contribution in [3.63, 3.8) is 0 Å². The molecule has 7 heteroatoms. The van der Waals surface area contributed by atoms with E-state index in [2.05, 4.69) is 5.10 Å². The fourth-order valence-electron chi connectivity index (χ4n) is 1.83. The van der Waals surface area contributed by atoms with Gasteiger partial charge in [-0.25, -0.2) is 9.18 Å². The molecule has 20 heavy (non-hydrogen) atoms. The normalized spacial score (nSPS) is 10.5.